The average molecular weight is 395 g/mol. The highest BCUT2D eigenvalue weighted by Gasteiger charge is 2.21. The first-order valence-electron chi connectivity index (χ1n) is 10.6. The van der Waals surface area contributed by atoms with Crippen molar-refractivity contribution >= 4 is 11.7 Å². The van der Waals surface area contributed by atoms with Crippen molar-refractivity contribution in [2.24, 2.45) is 0 Å². The second kappa shape index (κ2) is 8.93. The molecule has 2 aromatic rings. The van der Waals surface area contributed by atoms with Crippen LogP contribution in [-0.4, -0.2) is 48.1 Å². The molecule has 2 aliphatic rings. The summed E-state index contributed by atoms with van der Waals surface area (Å²) in [5.41, 5.74) is 9.69. The number of nitrogens with zero attached hydrogens (tertiary/aromatic N) is 2. The van der Waals surface area contributed by atoms with Crippen LogP contribution < -0.4 is 11.1 Å². The number of anilines is 1. The van der Waals surface area contributed by atoms with Crippen LogP contribution in [0.4, 0.5) is 5.82 Å². The van der Waals surface area contributed by atoms with E-state index in [1.165, 1.54) is 31.5 Å². The molecule has 2 aliphatic heterocycles. The van der Waals surface area contributed by atoms with Gasteiger partial charge in [0.05, 0.1) is 5.56 Å². The summed E-state index contributed by atoms with van der Waals surface area (Å²) in [5, 5.41) is 3.07. The molecule has 0 saturated carbocycles. The molecule has 1 unspecified atom stereocenters. The van der Waals surface area contributed by atoms with E-state index in [1.54, 1.807) is 6.20 Å². The van der Waals surface area contributed by atoms with Gasteiger partial charge in [-0.2, -0.15) is 0 Å². The molecule has 6 nitrogen and oxygen atoms in total. The molecule has 3 N–H and O–H groups in total. The van der Waals surface area contributed by atoms with Gasteiger partial charge in [0.1, 0.15) is 5.82 Å². The zero-order chi connectivity index (χ0) is 20.2. The average Bonchev–Trinajstić information content (AvgIpc) is 3.29. The van der Waals surface area contributed by atoms with E-state index in [4.69, 9.17) is 10.5 Å². The second-order valence-electron chi connectivity index (χ2n) is 8.06. The summed E-state index contributed by atoms with van der Waals surface area (Å²) in [4.78, 5) is 19.5. The first-order valence-corrected chi connectivity index (χ1v) is 10.6. The minimum atomic E-state index is -0.164. The number of pyridine rings is 1. The molecule has 29 heavy (non-hydrogen) atoms. The predicted octanol–water partition coefficient (Wildman–Crippen LogP) is 3.40. The summed E-state index contributed by atoms with van der Waals surface area (Å²) in [5.74, 6) is 0.0978. The van der Waals surface area contributed by atoms with Crippen LogP contribution in [0.15, 0.2) is 36.5 Å². The van der Waals surface area contributed by atoms with E-state index in [0.717, 1.165) is 24.0 Å². The molecule has 0 radical (unpaired) electrons. The van der Waals surface area contributed by atoms with Crippen molar-refractivity contribution in [3.63, 3.8) is 0 Å². The minimum absolute atomic E-state index is 0.130. The summed E-state index contributed by atoms with van der Waals surface area (Å²) in [6, 6.07) is 11.0. The number of nitrogen functional groups attached to an aromatic ring is 1. The Morgan fingerprint density at radius 2 is 1.86 bits per heavy atom. The zero-order valence-electron chi connectivity index (χ0n) is 17.1. The molecule has 1 atom stereocenters. The van der Waals surface area contributed by atoms with Gasteiger partial charge in [-0.1, -0.05) is 24.3 Å². The Morgan fingerprint density at radius 1 is 1.17 bits per heavy atom. The summed E-state index contributed by atoms with van der Waals surface area (Å²) < 4.78 is 5.36. The molecule has 6 heteroatoms. The number of likely N-dealkylation sites (tertiary alicyclic amines) is 1. The molecular formula is C23H30N4O2. The fourth-order valence-corrected chi connectivity index (χ4v) is 4.21. The fourth-order valence-electron chi connectivity index (χ4n) is 4.21. The monoisotopic (exact) mass is 394 g/mol. The molecule has 154 valence electrons. The number of aromatic nitrogens is 1. The number of carbonyl (C=O) groups excluding carboxylic acids is 1. The number of nitrogens with one attached hydrogen (secondary N) is 1. The first kappa shape index (κ1) is 19.9. The highest BCUT2D eigenvalue weighted by molar-refractivity contribution is 5.99. The predicted molar refractivity (Wildman–Crippen MR) is 115 cm³/mol. The Hall–Kier alpha value is -2.44. The minimum Gasteiger partial charge on any atom is -0.383 e. The van der Waals surface area contributed by atoms with Crippen LogP contribution in [0.2, 0.25) is 0 Å². The Kier molecular flexibility index (Phi) is 6.11. The van der Waals surface area contributed by atoms with E-state index in [0.29, 0.717) is 24.8 Å². The number of hydrogen-bond acceptors (Lipinski definition) is 5. The lowest BCUT2D eigenvalue weighted by Gasteiger charge is -2.24. The number of rotatable bonds is 5. The summed E-state index contributed by atoms with van der Waals surface area (Å²) in [6.45, 7) is 5.98. The lowest BCUT2D eigenvalue weighted by atomic mass is 10.0. The van der Waals surface area contributed by atoms with Crippen molar-refractivity contribution in [1.82, 2.24) is 15.2 Å². The van der Waals surface area contributed by atoms with Crippen molar-refractivity contribution in [3.8, 4) is 11.1 Å². The van der Waals surface area contributed by atoms with Crippen LogP contribution >= 0.6 is 0 Å². The van der Waals surface area contributed by atoms with Gasteiger partial charge >= 0.3 is 0 Å². The van der Waals surface area contributed by atoms with Gasteiger partial charge in [-0.05, 0) is 62.9 Å². The SMILES string of the molecule is CC(c1ccc(-c2cnc(N)c(C(=O)NC3CCOCC3)c2)cc1)N1CCCC1. The number of amides is 1. The lowest BCUT2D eigenvalue weighted by molar-refractivity contribution is 0.0697. The summed E-state index contributed by atoms with van der Waals surface area (Å²) in [7, 11) is 0. The van der Waals surface area contributed by atoms with Crippen LogP contribution in [0.3, 0.4) is 0 Å². The fraction of sp³-hybridized carbons (Fsp3) is 0.478. The molecule has 0 bridgehead atoms. The van der Waals surface area contributed by atoms with Crippen molar-refractivity contribution in [1.29, 1.82) is 0 Å². The highest BCUT2D eigenvalue weighted by Crippen LogP contribution is 2.28. The van der Waals surface area contributed by atoms with Crippen LogP contribution in [0.1, 0.15) is 54.6 Å². The molecular weight excluding hydrogens is 364 g/mol. The van der Waals surface area contributed by atoms with E-state index in [9.17, 15) is 4.79 Å². The quantitative estimate of drug-likeness (QED) is 0.812. The van der Waals surface area contributed by atoms with Crippen LogP contribution in [0.5, 0.6) is 0 Å². The van der Waals surface area contributed by atoms with Crippen LogP contribution in [0, 0.1) is 0 Å². The van der Waals surface area contributed by atoms with Gasteiger partial charge in [0, 0.05) is 37.1 Å². The number of nitrogens with two attached hydrogens (primary N) is 1. The van der Waals surface area contributed by atoms with Crippen LogP contribution in [-0.2, 0) is 4.74 Å². The number of carbonyl (C=O) groups is 1. The Morgan fingerprint density at radius 3 is 2.55 bits per heavy atom. The summed E-state index contributed by atoms with van der Waals surface area (Å²) in [6.07, 6.45) is 5.97. The Bertz CT molecular complexity index is 840. The second-order valence-corrected chi connectivity index (χ2v) is 8.06. The third kappa shape index (κ3) is 4.60. The smallest absolute Gasteiger partial charge is 0.255 e. The number of ether oxygens (including phenoxy) is 1. The first-order chi connectivity index (χ1) is 14.1. The standard InChI is InChI=1S/C23H30N4O2/c1-16(27-10-2-3-11-27)17-4-6-18(7-5-17)19-14-21(22(24)25-15-19)23(28)26-20-8-12-29-13-9-20/h4-7,14-16,20H,2-3,8-13H2,1H3,(H2,24,25)(H,26,28). The van der Waals surface area contributed by atoms with Gasteiger partial charge < -0.3 is 15.8 Å². The maximum Gasteiger partial charge on any atom is 0.255 e. The highest BCUT2D eigenvalue weighted by atomic mass is 16.5. The molecule has 0 spiro atoms. The number of hydrogen-bond donors (Lipinski definition) is 2. The van der Waals surface area contributed by atoms with Crippen molar-refractivity contribution < 1.29 is 9.53 Å². The van der Waals surface area contributed by atoms with Gasteiger partial charge in [0.25, 0.3) is 5.91 Å². The third-order valence-corrected chi connectivity index (χ3v) is 6.13. The van der Waals surface area contributed by atoms with Gasteiger partial charge in [-0.3, -0.25) is 9.69 Å². The van der Waals surface area contributed by atoms with E-state index < -0.39 is 0 Å². The largest absolute Gasteiger partial charge is 0.383 e. The van der Waals surface area contributed by atoms with E-state index >= 15 is 0 Å². The molecule has 3 heterocycles. The van der Waals surface area contributed by atoms with Gasteiger partial charge in [0.15, 0.2) is 0 Å². The van der Waals surface area contributed by atoms with Gasteiger partial charge in [0.2, 0.25) is 0 Å². The van der Waals surface area contributed by atoms with Crippen LogP contribution in [0.25, 0.3) is 11.1 Å². The van der Waals surface area contributed by atoms with Crippen molar-refractivity contribution in [2.45, 2.75) is 44.7 Å². The number of benzene rings is 1. The molecule has 1 aromatic heterocycles. The lowest BCUT2D eigenvalue weighted by Crippen LogP contribution is -2.39. The van der Waals surface area contributed by atoms with Gasteiger partial charge in [-0.15, -0.1) is 0 Å². The maximum absolute atomic E-state index is 12.7. The molecule has 2 fully saturated rings. The Balaban J connectivity index is 1.49. The molecule has 4 rings (SSSR count). The zero-order valence-corrected chi connectivity index (χ0v) is 17.1. The van der Waals surface area contributed by atoms with E-state index in [1.807, 2.05) is 6.07 Å². The topological polar surface area (TPSA) is 80.5 Å². The normalized spacial score (nSPS) is 19.2. The Labute approximate surface area is 172 Å². The van der Waals surface area contributed by atoms with Crippen molar-refractivity contribution in [2.75, 3.05) is 32.0 Å². The van der Waals surface area contributed by atoms with E-state index in [-0.39, 0.29) is 17.8 Å². The molecule has 1 aromatic carbocycles. The molecule has 2 saturated heterocycles. The van der Waals surface area contributed by atoms with E-state index in [2.05, 4.69) is 46.4 Å². The maximum atomic E-state index is 12.7. The van der Waals surface area contributed by atoms with Crippen molar-refractivity contribution in [3.05, 3.63) is 47.7 Å². The third-order valence-electron chi connectivity index (χ3n) is 6.13. The summed E-state index contributed by atoms with van der Waals surface area (Å²) >= 11 is 0. The molecule has 1 amide bonds. The molecule has 0 aliphatic carbocycles. The van der Waals surface area contributed by atoms with Gasteiger partial charge in [-0.25, -0.2) is 4.98 Å².